The first kappa shape index (κ1) is 13.8. The maximum Gasteiger partial charge on any atom is 0.0945 e. The van der Waals surface area contributed by atoms with Gasteiger partial charge in [0.1, 0.15) is 0 Å². The maximum atomic E-state index is 4.04. The lowest BCUT2D eigenvalue weighted by molar-refractivity contribution is 0.458. The molecule has 3 heteroatoms. The van der Waals surface area contributed by atoms with Crippen molar-refractivity contribution in [3.63, 3.8) is 0 Å². The first-order valence-electron chi connectivity index (χ1n) is 6.90. The van der Waals surface area contributed by atoms with Crippen LogP contribution in [0.4, 0.5) is 0 Å². The number of aromatic nitrogens is 2. The number of hydrogen-bond acceptors (Lipinski definition) is 2. The van der Waals surface area contributed by atoms with Gasteiger partial charge in [-0.15, -0.1) is 0 Å². The molecule has 1 aromatic heterocycles. The molecule has 19 heavy (non-hydrogen) atoms. The molecule has 0 radical (unpaired) electrons. The summed E-state index contributed by atoms with van der Waals surface area (Å²) >= 11 is 0. The highest BCUT2D eigenvalue weighted by molar-refractivity contribution is 5.23. The van der Waals surface area contributed by atoms with E-state index in [1.54, 1.807) is 0 Å². The Balaban J connectivity index is 1.70. The molecular weight excluding hydrogens is 234 g/mol. The summed E-state index contributed by atoms with van der Waals surface area (Å²) < 4.78 is 2.12. The molecular formula is C16H23N3. The molecule has 0 atom stereocenters. The second-order valence-corrected chi connectivity index (χ2v) is 5.58. The normalized spacial score (nSPS) is 11.7. The van der Waals surface area contributed by atoms with E-state index in [4.69, 9.17) is 0 Å². The first-order chi connectivity index (χ1) is 9.18. The lowest BCUT2D eigenvalue weighted by Crippen LogP contribution is -2.33. The molecule has 0 spiro atoms. The Kier molecular flexibility index (Phi) is 4.74. The molecule has 2 rings (SSSR count). The van der Waals surface area contributed by atoms with Crippen molar-refractivity contribution in [2.45, 2.75) is 32.2 Å². The van der Waals surface area contributed by atoms with Gasteiger partial charge < -0.3 is 9.88 Å². The number of nitrogens with zero attached hydrogens (tertiary/aromatic N) is 2. The van der Waals surface area contributed by atoms with Crippen LogP contribution in [-0.2, 0) is 12.0 Å². The number of nitrogens with one attached hydrogen (secondary N) is 1. The smallest absolute Gasteiger partial charge is 0.0945 e. The van der Waals surface area contributed by atoms with E-state index < -0.39 is 0 Å². The summed E-state index contributed by atoms with van der Waals surface area (Å²) in [6.45, 7) is 7.63. The molecule has 3 nitrogen and oxygen atoms in total. The van der Waals surface area contributed by atoms with Gasteiger partial charge in [-0.05, 0) is 18.5 Å². The fourth-order valence-electron chi connectivity index (χ4n) is 2.20. The molecule has 2 aromatic rings. The van der Waals surface area contributed by atoms with Gasteiger partial charge in [-0.3, -0.25) is 0 Å². The first-order valence-corrected chi connectivity index (χ1v) is 6.90. The summed E-state index contributed by atoms with van der Waals surface area (Å²) in [5.74, 6) is 0. The van der Waals surface area contributed by atoms with E-state index in [-0.39, 0.29) is 5.41 Å². The standard InChI is InChI=1S/C16H23N3/c1-16(2,15-7-4-3-5-8-15)13-17-9-6-11-19-12-10-18-14-19/h3-5,7-8,10,12,14,17H,6,9,11,13H2,1-2H3. The van der Waals surface area contributed by atoms with Gasteiger partial charge in [0.05, 0.1) is 6.33 Å². The SMILES string of the molecule is CC(C)(CNCCCn1ccnc1)c1ccccc1. The van der Waals surface area contributed by atoms with Crippen molar-refractivity contribution in [2.24, 2.45) is 0 Å². The minimum Gasteiger partial charge on any atom is -0.337 e. The van der Waals surface area contributed by atoms with Crippen molar-refractivity contribution in [3.05, 3.63) is 54.6 Å². The van der Waals surface area contributed by atoms with Crippen molar-refractivity contribution in [2.75, 3.05) is 13.1 Å². The van der Waals surface area contributed by atoms with Crippen LogP contribution in [-0.4, -0.2) is 22.6 Å². The highest BCUT2D eigenvalue weighted by Crippen LogP contribution is 2.21. The van der Waals surface area contributed by atoms with Crippen molar-refractivity contribution in [1.82, 2.24) is 14.9 Å². The predicted molar refractivity (Wildman–Crippen MR) is 79.2 cm³/mol. The van der Waals surface area contributed by atoms with Gasteiger partial charge in [-0.1, -0.05) is 44.2 Å². The van der Waals surface area contributed by atoms with Crippen LogP contribution in [0.1, 0.15) is 25.8 Å². The van der Waals surface area contributed by atoms with E-state index >= 15 is 0 Å². The summed E-state index contributed by atoms with van der Waals surface area (Å²) in [5, 5.41) is 3.55. The van der Waals surface area contributed by atoms with Gasteiger partial charge in [0.15, 0.2) is 0 Å². The van der Waals surface area contributed by atoms with Crippen molar-refractivity contribution in [3.8, 4) is 0 Å². The molecule has 1 heterocycles. The molecule has 0 aliphatic heterocycles. The van der Waals surface area contributed by atoms with Crippen LogP contribution in [0.5, 0.6) is 0 Å². The molecule has 0 amide bonds. The van der Waals surface area contributed by atoms with Crippen LogP contribution in [0.25, 0.3) is 0 Å². The van der Waals surface area contributed by atoms with Crippen molar-refractivity contribution in [1.29, 1.82) is 0 Å². The van der Waals surface area contributed by atoms with E-state index in [1.807, 2.05) is 18.7 Å². The van der Waals surface area contributed by atoms with Gasteiger partial charge in [-0.25, -0.2) is 4.98 Å². The minimum atomic E-state index is 0.177. The summed E-state index contributed by atoms with van der Waals surface area (Å²) in [6, 6.07) is 10.7. The molecule has 0 aliphatic carbocycles. The predicted octanol–water partition coefficient (Wildman–Crippen LogP) is 2.84. The van der Waals surface area contributed by atoms with Gasteiger partial charge >= 0.3 is 0 Å². The van der Waals surface area contributed by atoms with Crippen LogP contribution in [0.2, 0.25) is 0 Å². The molecule has 1 N–H and O–H groups in total. The molecule has 0 fully saturated rings. The summed E-state index contributed by atoms with van der Waals surface area (Å²) in [7, 11) is 0. The van der Waals surface area contributed by atoms with E-state index in [0.717, 1.165) is 26.1 Å². The number of hydrogen-bond donors (Lipinski definition) is 1. The largest absolute Gasteiger partial charge is 0.337 e. The topological polar surface area (TPSA) is 29.9 Å². The summed E-state index contributed by atoms with van der Waals surface area (Å²) in [4.78, 5) is 4.04. The van der Waals surface area contributed by atoms with Crippen LogP contribution in [0.3, 0.4) is 0 Å². The zero-order valence-electron chi connectivity index (χ0n) is 11.8. The third-order valence-electron chi connectivity index (χ3n) is 3.45. The quantitative estimate of drug-likeness (QED) is 0.773. The van der Waals surface area contributed by atoms with Crippen LogP contribution in [0, 0.1) is 0 Å². The average Bonchev–Trinajstić information content (AvgIpc) is 2.92. The Morgan fingerprint density at radius 1 is 1.21 bits per heavy atom. The number of rotatable bonds is 7. The van der Waals surface area contributed by atoms with E-state index in [0.29, 0.717) is 0 Å². The molecule has 0 saturated carbocycles. The van der Waals surface area contributed by atoms with Gasteiger partial charge in [-0.2, -0.15) is 0 Å². The second-order valence-electron chi connectivity index (χ2n) is 5.58. The lowest BCUT2D eigenvalue weighted by atomic mass is 9.84. The van der Waals surface area contributed by atoms with Crippen LogP contribution < -0.4 is 5.32 Å². The lowest BCUT2D eigenvalue weighted by Gasteiger charge is -2.25. The maximum absolute atomic E-state index is 4.04. The highest BCUT2D eigenvalue weighted by atomic mass is 15.0. The molecule has 0 aliphatic rings. The van der Waals surface area contributed by atoms with Gasteiger partial charge in [0.2, 0.25) is 0 Å². The Hall–Kier alpha value is -1.61. The molecule has 0 bridgehead atoms. The zero-order chi connectivity index (χ0) is 13.6. The Labute approximate surface area is 115 Å². The van der Waals surface area contributed by atoms with E-state index in [2.05, 4.69) is 59.0 Å². The fourth-order valence-corrected chi connectivity index (χ4v) is 2.20. The zero-order valence-corrected chi connectivity index (χ0v) is 11.8. The van der Waals surface area contributed by atoms with Gasteiger partial charge in [0, 0.05) is 30.9 Å². The third-order valence-corrected chi connectivity index (χ3v) is 3.45. The van der Waals surface area contributed by atoms with E-state index in [1.165, 1.54) is 5.56 Å². The molecule has 1 aromatic carbocycles. The molecule has 102 valence electrons. The number of imidazole rings is 1. The summed E-state index contributed by atoms with van der Waals surface area (Å²) in [5.41, 5.74) is 1.56. The molecule has 0 saturated heterocycles. The monoisotopic (exact) mass is 257 g/mol. The second kappa shape index (κ2) is 6.53. The van der Waals surface area contributed by atoms with E-state index in [9.17, 15) is 0 Å². The summed E-state index contributed by atoms with van der Waals surface area (Å²) in [6.07, 6.45) is 6.83. The van der Waals surface area contributed by atoms with Crippen molar-refractivity contribution < 1.29 is 0 Å². The van der Waals surface area contributed by atoms with Crippen molar-refractivity contribution >= 4 is 0 Å². The highest BCUT2D eigenvalue weighted by Gasteiger charge is 2.19. The number of aryl methyl sites for hydroxylation is 1. The minimum absolute atomic E-state index is 0.177. The third kappa shape index (κ3) is 4.21. The Morgan fingerprint density at radius 2 is 2.00 bits per heavy atom. The van der Waals surface area contributed by atoms with Crippen LogP contribution in [0.15, 0.2) is 49.1 Å². The Morgan fingerprint density at radius 3 is 2.68 bits per heavy atom. The fraction of sp³-hybridized carbons (Fsp3) is 0.438. The molecule has 0 unspecified atom stereocenters. The Bertz CT molecular complexity index is 460. The number of benzene rings is 1. The van der Waals surface area contributed by atoms with Gasteiger partial charge in [0.25, 0.3) is 0 Å². The van der Waals surface area contributed by atoms with Crippen LogP contribution >= 0.6 is 0 Å². The average molecular weight is 257 g/mol.